The van der Waals surface area contributed by atoms with Crippen molar-refractivity contribution in [1.82, 2.24) is 15.1 Å². The van der Waals surface area contributed by atoms with Crippen LogP contribution in [0.3, 0.4) is 0 Å². The van der Waals surface area contributed by atoms with E-state index in [0.717, 1.165) is 0 Å². The Morgan fingerprint density at radius 3 is 3.05 bits per heavy atom. The van der Waals surface area contributed by atoms with E-state index in [9.17, 15) is 9.59 Å². The predicted octanol–water partition coefficient (Wildman–Crippen LogP) is 0.234. The van der Waals surface area contributed by atoms with Gasteiger partial charge in [0.1, 0.15) is 5.02 Å². The molecule has 0 radical (unpaired) electrons. The van der Waals surface area contributed by atoms with Gasteiger partial charge in [0.15, 0.2) is 0 Å². The first-order valence-electron chi connectivity index (χ1n) is 6.39. The molecule has 0 spiro atoms. The van der Waals surface area contributed by atoms with Crippen LogP contribution in [0.2, 0.25) is 5.02 Å². The van der Waals surface area contributed by atoms with Crippen LogP contribution in [0.4, 0.5) is 5.69 Å². The number of carbonyl (C=O) groups is 1. The van der Waals surface area contributed by atoms with E-state index in [4.69, 9.17) is 16.3 Å². The molecule has 1 aromatic rings. The summed E-state index contributed by atoms with van der Waals surface area (Å²) >= 11 is 6.06. The van der Waals surface area contributed by atoms with Crippen LogP contribution in [-0.2, 0) is 16.1 Å². The average molecular weight is 301 g/mol. The van der Waals surface area contributed by atoms with Crippen LogP contribution in [0.15, 0.2) is 11.0 Å². The fourth-order valence-electron chi connectivity index (χ4n) is 1.98. The molecule has 1 aromatic heterocycles. The molecular weight excluding hydrogens is 284 g/mol. The highest BCUT2D eigenvalue weighted by Crippen LogP contribution is 2.18. The summed E-state index contributed by atoms with van der Waals surface area (Å²) in [6, 6.07) is 0.0567. The van der Waals surface area contributed by atoms with Crippen molar-refractivity contribution in [2.75, 3.05) is 25.6 Å². The quantitative estimate of drug-likeness (QED) is 0.813. The van der Waals surface area contributed by atoms with Gasteiger partial charge in [-0.3, -0.25) is 9.59 Å². The van der Waals surface area contributed by atoms with E-state index in [-0.39, 0.29) is 22.5 Å². The second-order valence-electron chi connectivity index (χ2n) is 4.58. The number of methoxy groups -OCH3 is 1. The number of hydrogen-bond donors (Lipinski definition) is 2. The summed E-state index contributed by atoms with van der Waals surface area (Å²) in [6.45, 7) is 1.27. The van der Waals surface area contributed by atoms with Gasteiger partial charge in [-0.2, -0.15) is 5.10 Å². The first-order valence-corrected chi connectivity index (χ1v) is 6.77. The van der Waals surface area contributed by atoms with Crippen molar-refractivity contribution in [3.8, 4) is 0 Å². The minimum Gasteiger partial charge on any atom is -0.383 e. The van der Waals surface area contributed by atoms with Crippen molar-refractivity contribution < 1.29 is 9.53 Å². The van der Waals surface area contributed by atoms with Crippen molar-refractivity contribution in [3.63, 3.8) is 0 Å². The van der Waals surface area contributed by atoms with Crippen LogP contribution in [0.1, 0.15) is 12.8 Å². The lowest BCUT2D eigenvalue weighted by Crippen LogP contribution is -2.42. The second-order valence-corrected chi connectivity index (χ2v) is 4.96. The van der Waals surface area contributed by atoms with E-state index in [1.807, 2.05) is 0 Å². The fourth-order valence-corrected chi connectivity index (χ4v) is 2.18. The van der Waals surface area contributed by atoms with E-state index in [2.05, 4.69) is 15.7 Å². The maximum atomic E-state index is 12.0. The van der Waals surface area contributed by atoms with Crippen molar-refractivity contribution >= 4 is 23.2 Å². The van der Waals surface area contributed by atoms with Crippen LogP contribution in [-0.4, -0.2) is 42.0 Å². The predicted molar refractivity (Wildman–Crippen MR) is 75.0 cm³/mol. The van der Waals surface area contributed by atoms with Gasteiger partial charge < -0.3 is 15.4 Å². The van der Waals surface area contributed by atoms with Gasteiger partial charge in [-0.25, -0.2) is 4.68 Å². The monoisotopic (exact) mass is 300 g/mol. The summed E-state index contributed by atoms with van der Waals surface area (Å²) in [5.41, 5.74) is 0.139. The van der Waals surface area contributed by atoms with Crippen LogP contribution < -0.4 is 16.2 Å². The summed E-state index contributed by atoms with van der Waals surface area (Å²) in [7, 11) is 1.56. The van der Waals surface area contributed by atoms with Gasteiger partial charge >= 0.3 is 0 Å². The lowest BCUT2D eigenvalue weighted by Gasteiger charge is -2.24. The normalized spacial score (nSPS) is 18.7. The van der Waals surface area contributed by atoms with E-state index < -0.39 is 0 Å². The zero-order chi connectivity index (χ0) is 14.5. The number of ether oxygens (including phenoxy) is 1. The number of halogens is 1. The first kappa shape index (κ1) is 14.8. The van der Waals surface area contributed by atoms with Gasteiger partial charge in [-0.1, -0.05) is 11.6 Å². The van der Waals surface area contributed by atoms with Crippen molar-refractivity contribution in [3.05, 3.63) is 21.6 Å². The maximum Gasteiger partial charge on any atom is 0.287 e. The average Bonchev–Trinajstić information content (AvgIpc) is 2.45. The number of carbonyl (C=O) groups excluding carboxylic acids is 1. The van der Waals surface area contributed by atoms with E-state index in [0.29, 0.717) is 38.2 Å². The molecule has 1 aliphatic rings. The topological polar surface area (TPSA) is 85.2 Å². The molecule has 1 aliphatic heterocycles. The number of rotatable bonds is 5. The van der Waals surface area contributed by atoms with Crippen LogP contribution >= 0.6 is 11.6 Å². The highest BCUT2D eigenvalue weighted by atomic mass is 35.5. The van der Waals surface area contributed by atoms with Crippen molar-refractivity contribution in [2.45, 2.75) is 25.4 Å². The third-order valence-electron chi connectivity index (χ3n) is 3.12. The third kappa shape index (κ3) is 3.49. The molecule has 1 fully saturated rings. The molecule has 1 amide bonds. The Labute approximate surface area is 121 Å². The SMILES string of the molecule is COCCn1ncc(NC2CCC(=O)NC2)c(Cl)c1=O. The number of aromatic nitrogens is 2. The Hall–Kier alpha value is -1.60. The molecular formula is C12H17ClN4O3. The lowest BCUT2D eigenvalue weighted by molar-refractivity contribution is -0.122. The summed E-state index contributed by atoms with van der Waals surface area (Å²) in [5.74, 6) is 0.0438. The number of amides is 1. The Morgan fingerprint density at radius 2 is 2.40 bits per heavy atom. The third-order valence-corrected chi connectivity index (χ3v) is 3.48. The standard InChI is InChI=1S/C12H17ClN4O3/c1-20-5-4-17-12(19)11(13)9(7-15-17)16-8-2-3-10(18)14-6-8/h7-8,16H,2-6H2,1H3,(H,14,18). The molecule has 8 heteroatoms. The minimum atomic E-state index is -0.353. The summed E-state index contributed by atoms with van der Waals surface area (Å²) in [5, 5.41) is 10.1. The lowest BCUT2D eigenvalue weighted by atomic mass is 10.1. The van der Waals surface area contributed by atoms with Gasteiger partial charge in [0.2, 0.25) is 5.91 Å². The Bertz CT molecular complexity index is 536. The molecule has 20 heavy (non-hydrogen) atoms. The molecule has 0 bridgehead atoms. The van der Waals surface area contributed by atoms with E-state index in [1.54, 1.807) is 7.11 Å². The van der Waals surface area contributed by atoms with Crippen LogP contribution in [0, 0.1) is 0 Å². The molecule has 1 unspecified atom stereocenters. The summed E-state index contributed by atoms with van der Waals surface area (Å²) in [6.07, 6.45) is 2.69. The fraction of sp³-hybridized carbons (Fsp3) is 0.583. The van der Waals surface area contributed by atoms with Crippen LogP contribution in [0.25, 0.3) is 0 Å². The summed E-state index contributed by atoms with van der Waals surface area (Å²) in [4.78, 5) is 23.1. The molecule has 7 nitrogen and oxygen atoms in total. The summed E-state index contributed by atoms with van der Waals surface area (Å²) < 4.78 is 6.17. The first-order chi connectivity index (χ1) is 9.61. The molecule has 2 heterocycles. The zero-order valence-electron chi connectivity index (χ0n) is 11.2. The highest BCUT2D eigenvalue weighted by molar-refractivity contribution is 6.32. The number of nitrogens with one attached hydrogen (secondary N) is 2. The number of nitrogens with zero attached hydrogens (tertiary/aromatic N) is 2. The molecule has 1 atom stereocenters. The molecule has 110 valence electrons. The van der Waals surface area contributed by atoms with Crippen molar-refractivity contribution in [1.29, 1.82) is 0 Å². The van der Waals surface area contributed by atoms with E-state index >= 15 is 0 Å². The molecule has 2 rings (SSSR count). The Morgan fingerprint density at radius 1 is 1.60 bits per heavy atom. The molecule has 0 saturated carbocycles. The Balaban J connectivity index is 2.07. The van der Waals surface area contributed by atoms with Gasteiger partial charge in [-0.05, 0) is 6.42 Å². The molecule has 1 saturated heterocycles. The largest absolute Gasteiger partial charge is 0.383 e. The number of hydrogen-bond acceptors (Lipinski definition) is 5. The van der Waals surface area contributed by atoms with Crippen LogP contribution in [0.5, 0.6) is 0 Å². The second kappa shape index (κ2) is 6.71. The smallest absolute Gasteiger partial charge is 0.287 e. The van der Waals surface area contributed by atoms with Gasteiger partial charge in [0, 0.05) is 26.1 Å². The number of piperidine rings is 1. The van der Waals surface area contributed by atoms with Gasteiger partial charge in [0.05, 0.1) is 25.0 Å². The molecule has 2 N–H and O–H groups in total. The van der Waals surface area contributed by atoms with Gasteiger partial charge in [-0.15, -0.1) is 0 Å². The van der Waals surface area contributed by atoms with Gasteiger partial charge in [0.25, 0.3) is 5.56 Å². The highest BCUT2D eigenvalue weighted by Gasteiger charge is 2.19. The van der Waals surface area contributed by atoms with E-state index in [1.165, 1.54) is 10.9 Å². The van der Waals surface area contributed by atoms with Crippen molar-refractivity contribution in [2.24, 2.45) is 0 Å². The molecule has 0 aliphatic carbocycles. The number of anilines is 1. The minimum absolute atomic E-state index is 0.0438. The maximum absolute atomic E-state index is 12.0. The molecule has 0 aromatic carbocycles. The Kier molecular flexibility index (Phi) is 4.97. The zero-order valence-corrected chi connectivity index (χ0v) is 11.9.